The number of aryl methyl sites for hydroxylation is 1. The van der Waals surface area contributed by atoms with Crippen molar-refractivity contribution in [3.05, 3.63) is 34.9 Å². The van der Waals surface area contributed by atoms with Gasteiger partial charge in [-0.25, -0.2) is 4.79 Å². The van der Waals surface area contributed by atoms with Gasteiger partial charge in [-0.2, -0.15) is 0 Å². The lowest BCUT2D eigenvalue weighted by molar-refractivity contribution is 0.0695. The van der Waals surface area contributed by atoms with Gasteiger partial charge in [0.1, 0.15) is 0 Å². The van der Waals surface area contributed by atoms with Crippen LogP contribution in [0.1, 0.15) is 40.7 Å². The largest absolute Gasteiger partial charge is 0.478 e. The average molecular weight is 219 g/mol. The molecule has 1 aromatic carbocycles. The molecular weight excluding hydrogens is 202 g/mol. The predicted molar refractivity (Wildman–Crippen MR) is 62.7 cm³/mol. The Morgan fingerprint density at radius 1 is 1.50 bits per heavy atom. The van der Waals surface area contributed by atoms with E-state index in [1.54, 1.807) is 6.07 Å². The minimum Gasteiger partial charge on any atom is -0.478 e. The molecule has 3 heteroatoms. The highest BCUT2D eigenvalue weighted by atomic mass is 16.4. The number of hydrogen-bond donors (Lipinski definition) is 2. The molecule has 86 valence electrons. The van der Waals surface area contributed by atoms with Crippen LogP contribution in [0.5, 0.6) is 0 Å². The molecule has 0 radical (unpaired) electrons. The number of carboxylic acid groups (broad SMARTS) is 1. The summed E-state index contributed by atoms with van der Waals surface area (Å²) >= 11 is 0. The number of carboxylic acids is 1. The monoisotopic (exact) mass is 219 g/mol. The summed E-state index contributed by atoms with van der Waals surface area (Å²) in [5, 5.41) is 9.09. The molecule has 3 N–H and O–H groups in total. The number of hydrogen-bond acceptors (Lipinski definition) is 2. The second-order valence-electron chi connectivity index (χ2n) is 4.67. The molecule has 0 saturated heterocycles. The SMILES string of the molecule is Cc1ccc(C2(CN)CCC2)cc1C(=O)O. The molecule has 1 saturated carbocycles. The van der Waals surface area contributed by atoms with Crippen LogP contribution < -0.4 is 5.73 Å². The summed E-state index contributed by atoms with van der Waals surface area (Å²) < 4.78 is 0. The van der Waals surface area contributed by atoms with Crippen molar-refractivity contribution in [3.63, 3.8) is 0 Å². The van der Waals surface area contributed by atoms with E-state index in [4.69, 9.17) is 10.8 Å². The van der Waals surface area contributed by atoms with Crippen LogP contribution in [0.15, 0.2) is 18.2 Å². The molecule has 0 atom stereocenters. The van der Waals surface area contributed by atoms with E-state index in [-0.39, 0.29) is 5.41 Å². The van der Waals surface area contributed by atoms with Crippen molar-refractivity contribution in [3.8, 4) is 0 Å². The van der Waals surface area contributed by atoms with Crippen molar-refractivity contribution in [2.75, 3.05) is 6.54 Å². The molecule has 0 amide bonds. The lowest BCUT2D eigenvalue weighted by Gasteiger charge is -2.41. The summed E-state index contributed by atoms with van der Waals surface area (Å²) in [6.07, 6.45) is 3.34. The van der Waals surface area contributed by atoms with E-state index in [0.717, 1.165) is 24.0 Å². The summed E-state index contributed by atoms with van der Waals surface area (Å²) in [4.78, 5) is 11.1. The van der Waals surface area contributed by atoms with Gasteiger partial charge in [0.05, 0.1) is 5.56 Å². The normalized spacial score (nSPS) is 17.9. The summed E-state index contributed by atoms with van der Waals surface area (Å²) in [6, 6.07) is 5.70. The Kier molecular flexibility index (Phi) is 2.72. The van der Waals surface area contributed by atoms with Crippen molar-refractivity contribution >= 4 is 5.97 Å². The van der Waals surface area contributed by atoms with Gasteiger partial charge in [0, 0.05) is 12.0 Å². The molecule has 0 heterocycles. The van der Waals surface area contributed by atoms with Gasteiger partial charge in [0.25, 0.3) is 0 Å². The Hall–Kier alpha value is -1.35. The minimum absolute atomic E-state index is 0.0396. The maximum atomic E-state index is 11.1. The van der Waals surface area contributed by atoms with Gasteiger partial charge in [-0.15, -0.1) is 0 Å². The topological polar surface area (TPSA) is 63.3 Å². The van der Waals surface area contributed by atoms with Crippen molar-refractivity contribution in [2.24, 2.45) is 5.73 Å². The van der Waals surface area contributed by atoms with Crippen LogP contribution in [0, 0.1) is 6.92 Å². The average Bonchev–Trinajstić information content (AvgIpc) is 2.19. The van der Waals surface area contributed by atoms with Crippen molar-refractivity contribution in [1.29, 1.82) is 0 Å². The molecule has 0 aliphatic heterocycles. The maximum Gasteiger partial charge on any atom is 0.335 e. The van der Waals surface area contributed by atoms with Gasteiger partial charge < -0.3 is 10.8 Å². The first-order valence-electron chi connectivity index (χ1n) is 5.63. The Morgan fingerprint density at radius 3 is 2.62 bits per heavy atom. The molecule has 0 aromatic heterocycles. The predicted octanol–water partition coefficient (Wildman–Crippen LogP) is 2.07. The molecule has 3 nitrogen and oxygen atoms in total. The molecule has 1 aliphatic rings. The Balaban J connectivity index is 2.43. The Bertz CT molecular complexity index is 416. The van der Waals surface area contributed by atoms with Crippen LogP contribution in [0.3, 0.4) is 0 Å². The molecule has 1 fully saturated rings. The fourth-order valence-corrected chi connectivity index (χ4v) is 2.40. The van der Waals surface area contributed by atoms with Gasteiger partial charge >= 0.3 is 5.97 Å². The first-order valence-corrected chi connectivity index (χ1v) is 5.63. The van der Waals surface area contributed by atoms with E-state index >= 15 is 0 Å². The molecule has 0 bridgehead atoms. The fraction of sp³-hybridized carbons (Fsp3) is 0.462. The molecule has 0 unspecified atom stereocenters. The van der Waals surface area contributed by atoms with Gasteiger partial charge in [-0.05, 0) is 37.0 Å². The lowest BCUT2D eigenvalue weighted by Crippen LogP contribution is -2.41. The third-order valence-electron chi connectivity index (χ3n) is 3.78. The quantitative estimate of drug-likeness (QED) is 0.818. The van der Waals surface area contributed by atoms with Crippen LogP contribution >= 0.6 is 0 Å². The van der Waals surface area contributed by atoms with Crippen LogP contribution in [0.2, 0.25) is 0 Å². The summed E-state index contributed by atoms with van der Waals surface area (Å²) in [7, 11) is 0. The summed E-state index contributed by atoms with van der Waals surface area (Å²) in [6.45, 7) is 2.43. The van der Waals surface area contributed by atoms with E-state index in [2.05, 4.69) is 0 Å². The number of benzene rings is 1. The van der Waals surface area contributed by atoms with Gasteiger partial charge in [-0.3, -0.25) is 0 Å². The molecular formula is C13H17NO2. The smallest absolute Gasteiger partial charge is 0.335 e. The molecule has 16 heavy (non-hydrogen) atoms. The number of aromatic carboxylic acids is 1. The zero-order valence-corrected chi connectivity index (χ0v) is 9.49. The van der Waals surface area contributed by atoms with Crippen LogP contribution in [0.4, 0.5) is 0 Å². The van der Waals surface area contributed by atoms with Gasteiger partial charge in [0.2, 0.25) is 0 Å². The summed E-state index contributed by atoms with van der Waals surface area (Å²) in [5.74, 6) is -0.856. The molecule has 0 spiro atoms. The fourth-order valence-electron chi connectivity index (χ4n) is 2.40. The van der Waals surface area contributed by atoms with E-state index in [1.165, 1.54) is 6.42 Å². The van der Waals surface area contributed by atoms with Gasteiger partial charge in [-0.1, -0.05) is 18.6 Å². The van der Waals surface area contributed by atoms with Crippen LogP contribution in [0.25, 0.3) is 0 Å². The second-order valence-corrected chi connectivity index (χ2v) is 4.67. The second kappa shape index (κ2) is 3.91. The highest BCUT2D eigenvalue weighted by molar-refractivity contribution is 5.89. The lowest BCUT2D eigenvalue weighted by atomic mass is 9.64. The van der Waals surface area contributed by atoms with E-state index in [0.29, 0.717) is 12.1 Å². The number of rotatable bonds is 3. The Morgan fingerprint density at radius 2 is 2.19 bits per heavy atom. The zero-order valence-electron chi connectivity index (χ0n) is 9.49. The van der Waals surface area contributed by atoms with E-state index in [1.807, 2.05) is 19.1 Å². The molecule has 1 aliphatic carbocycles. The maximum absolute atomic E-state index is 11.1. The minimum atomic E-state index is -0.856. The third-order valence-corrected chi connectivity index (χ3v) is 3.78. The zero-order chi connectivity index (χ0) is 11.8. The number of carbonyl (C=O) groups is 1. The van der Waals surface area contributed by atoms with Crippen molar-refractivity contribution in [1.82, 2.24) is 0 Å². The third kappa shape index (κ3) is 1.61. The van der Waals surface area contributed by atoms with Crippen molar-refractivity contribution < 1.29 is 9.90 Å². The first kappa shape index (κ1) is 11.1. The highest BCUT2D eigenvalue weighted by Crippen LogP contribution is 2.43. The van der Waals surface area contributed by atoms with E-state index in [9.17, 15) is 4.79 Å². The first-order chi connectivity index (χ1) is 7.59. The Labute approximate surface area is 95.3 Å². The van der Waals surface area contributed by atoms with E-state index < -0.39 is 5.97 Å². The van der Waals surface area contributed by atoms with Crippen molar-refractivity contribution in [2.45, 2.75) is 31.6 Å². The number of nitrogens with two attached hydrogens (primary N) is 1. The van der Waals surface area contributed by atoms with Crippen LogP contribution in [-0.2, 0) is 5.41 Å². The molecule has 2 rings (SSSR count). The standard InChI is InChI=1S/C13H17NO2/c1-9-3-4-10(7-11(9)12(15)16)13(8-14)5-2-6-13/h3-4,7H,2,5-6,8,14H2,1H3,(H,15,16). The highest BCUT2D eigenvalue weighted by Gasteiger charge is 2.37. The van der Waals surface area contributed by atoms with Gasteiger partial charge in [0.15, 0.2) is 0 Å². The summed E-state index contributed by atoms with van der Waals surface area (Å²) in [5.41, 5.74) is 8.15. The molecule has 1 aromatic rings. The van der Waals surface area contributed by atoms with Crippen LogP contribution in [-0.4, -0.2) is 17.6 Å².